The average Bonchev–Trinajstić information content (AvgIpc) is 3.37. The van der Waals surface area contributed by atoms with E-state index in [0.29, 0.717) is 29.6 Å². The zero-order valence-electron chi connectivity index (χ0n) is 18.4. The number of hydrogen-bond donors (Lipinski definition) is 4. The van der Waals surface area contributed by atoms with E-state index in [1.165, 1.54) is 12.8 Å². The molecule has 0 atom stereocenters. The van der Waals surface area contributed by atoms with Crippen LogP contribution in [0, 0.1) is 0 Å². The van der Waals surface area contributed by atoms with Gasteiger partial charge in [0.25, 0.3) is 0 Å². The minimum atomic E-state index is 0.0810. The number of aromatic amines is 2. The molecule has 4 N–H and O–H groups in total. The van der Waals surface area contributed by atoms with Gasteiger partial charge in [0.05, 0.1) is 11.7 Å². The third-order valence-electron chi connectivity index (χ3n) is 6.11. The van der Waals surface area contributed by atoms with E-state index >= 15 is 0 Å². The van der Waals surface area contributed by atoms with E-state index in [1.807, 2.05) is 24.3 Å². The molecule has 0 amide bonds. The Hall–Kier alpha value is -3.73. The van der Waals surface area contributed by atoms with E-state index < -0.39 is 0 Å². The topological polar surface area (TPSA) is 133 Å². The zero-order valence-corrected chi connectivity index (χ0v) is 18.4. The Morgan fingerprint density at radius 1 is 0.970 bits per heavy atom. The highest BCUT2D eigenvalue weighted by atomic mass is 16.5. The predicted octanol–water partition coefficient (Wildman–Crippen LogP) is 3.31. The third-order valence-corrected chi connectivity index (χ3v) is 6.11. The first kappa shape index (κ1) is 19.9. The van der Waals surface area contributed by atoms with E-state index in [1.54, 1.807) is 6.20 Å². The van der Waals surface area contributed by atoms with Gasteiger partial charge in [-0.2, -0.15) is 25.1 Å². The van der Waals surface area contributed by atoms with Gasteiger partial charge in [0.15, 0.2) is 5.82 Å². The van der Waals surface area contributed by atoms with Crippen LogP contribution in [0.2, 0.25) is 0 Å². The summed E-state index contributed by atoms with van der Waals surface area (Å²) in [5, 5.41) is 22.0. The SMILES string of the molecule is CN1CCC(Oc2nc(Nc3ccc4cn[nH]c4c3)nc(Nc3cc(C4CC4)[nH]n3)n2)CC1. The summed E-state index contributed by atoms with van der Waals surface area (Å²) in [5.74, 6) is 2.04. The number of nitrogens with one attached hydrogen (secondary N) is 4. The third kappa shape index (κ3) is 4.58. The minimum absolute atomic E-state index is 0.0810. The number of H-pyrrole nitrogens is 2. The number of likely N-dealkylation sites (tertiary alicyclic amines) is 1. The monoisotopic (exact) mass is 446 g/mol. The first-order valence-corrected chi connectivity index (χ1v) is 11.3. The molecule has 33 heavy (non-hydrogen) atoms. The molecule has 6 rings (SSSR count). The maximum atomic E-state index is 6.16. The Labute approximate surface area is 190 Å². The van der Waals surface area contributed by atoms with Crippen molar-refractivity contribution in [1.29, 1.82) is 0 Å². The fraction of sp³-hybridized carbons (Fsp3) is 0.409. The second-order valence-corrected chi connectivity index (χ2v) is 8.79. The molecule has 2 aliphatic rings. The molecule has 0 unspecified atom stereocenters. The van der Waals surface area contributed by atoms with Gasteiger partial charge >= 0.3 is 6.01 Å². The number of fused-ring (bicyclic) bond motifs is 1. The van der Waals surface area contributed by atoms with Crippen molar-refractivity contribution in [3.63, 3.8) is 0 Å². The van der Waals surface area contributed by atoms with Gasteiger partial charge in [0.1, 0.15) is 6.10 Å². The van der Waals surface area contributed by atoms with Crippen LogP contribution in [0.3, 0.4) is 0 Å². The summed E-state index contributed by atoms with van der Waals surface area (Å²) < 4.78 is 6.16. The Balaban J connectivity index is 1.26. The Morgan fingerprint density at radius 3 is 2.61 bits per heavy atom. The fourth-order valence-corrected chi connectivity index (χ4v) is 4.04. The molecule has 0 spiro atoms. The quantitative estimate of drug-likeness (QED) is 0.337. The Kier molecular flexibility index (Phi) is 5.02. The van der Waals surface area contributed by atoms with Crippen molar-refractivity contribution in [3.8, 4) is 6.01 Å². The number of nitrogens with zero attached hydrogens (tertiary/aromatic N) is 6. The molecule has 1 saturated heterocycles. The van der Waals surface area contributed by atoms with Gasteiger partial charge in [0, 0.05) is 41.8 Å². The number of ether oxygens (including phenoxy) is 1. The molecular weight excluding hydrogens is 420 g/mol. The van der Waals surface area contributed by atoms with Gasteiger partial charge in [0.2, 0.25) is 11.9 Å². The standard InChI is InChI=1S/C22H26N10O/c1-32-8-6-16(7-9-32)33-22-27-20(24-15-5-4-14-12-23-29-17(14)10-15)26-21(28-22)25-19-11-18(30-31-19)13-2-3-13/h4-5,10-13,16H,2-3,6-9H2,1H3,(H,23,29)(H3,24,25,26,27,28,30,31). The second-order valence-electron chi connectivity index (χ2n) is 8.79. The summed E-state index contributed by atoms with van der Waals surface area (Å²) in [6, 6.07) is 8.22. The predicted molar refractivity (Wildman–Crippen MR) is 124 cm³/mol. The van der Waals surface area contributed by atoms with Gasteiger partial charge < -0.3 is 20.3 Å². The molecule has 4 aromatic rings. The summed E-state index contributed by atoms with van der Waals surface area (Å²) in [6.07, 6.45) is 6.16. The molecule has 1 aliphatic carbocycles. The lowest BCUT2D eigenvalue weighted by molar-refractivity contribution is 0.105. The summed E-state index contributed by atoms with van der Waals surface area (Å²) >= 11 is 0. The summed E-state index contributed by atoms with van der Waals surface area (Å²) in [4.78, 5) is 15.9. The van der Waals surface area contributed by atoms with E-state index in [4.69, 9.17) is 4.74 Å². The molecule has 0 radical (unpaired) electrons. The van der Waals surface area contributed by atoms with Crippen LogP contribution in [0.5, 0.6) is 6.01 Å². The van der Waals surface area contributed by atoms with Crippen LogP contribution in [-0.2, 0) is 0 Å². The van der Waals surface area contributed by atoms with E-state index in [0.717, 1.165) is 48.2 Å². The van der Waals surface area contributed by atoms with E-state index in [2.05, 4.69) is 57.9 Å². The lowest BCUT2D eigenvalue weighted by Crippen LogP contribution is -2.36. The molecule has 1 aromatic carbocycles. The molecule has 1 saturated carbocycles. The molecule has 3 aromatic heterocycles. The normalized spacial score (nSPS) is 17.4. The highest BCUT2D eigenvalue weighted by Gasteiger charge is 2.26. The van der Waals surface area contributed by atoms with Gasteiger partial charge in [-0.15, -0.1) is 0 Å². The number of rotatable bonds is 7. The lowest BCUT2D eigenvalue weighted by Gasteiger charge is -2.28. The van der Waals surface area contributed by atoms with Crippen LogP contribution in [0.4, 0.5) is 23.4 Å². The molecule has 2 fully saturated rings. The number of benzene rings is 1. The number of piperidine rings is 1. The number of anilines is 4. The van der Waals surface area contributed by atoms with Crippen LogP contribution >= 0.6 is 0 Å². The van der Waals surface area contributed by atoms with Crippen molar-refractivity contribution in [1.82, 2.24) is 40.2 Å². The van der Waals surface area contributed by atoms with Gasteiger partial charge in [-0.25, -0.2) is 0 Å². The second kappa shape index (κ2) is 8.32. The first-order valence-electron chi connectivity index (χ1n) is 11.3. The maximum absolute atomic E-state index is 6.16. The summed E-state index contributed by atoms with van der Waals surface area (Å²) in [6.45, 7) is 1.99. The molecular formula is C22H26N10O. The average molecular weight is 447 g/mol. The molecule has 4 heterocycles. The van der Waals surface area contributed by atoms with Crippen LogP contribution < -0.4 is 15.4 Å². The van der Waals surface area contributed by atoms with Gasteiger partial charge in [-0.1, -0.05) is 0 Å². The van der Waals surface area contributed by atoms with Crippen molar-refractivity contribution in [2.24, 2.45) is 0 Å². The number of hydrogen-bond acceptors (Lipinski definition) is 9. The fourth-order valence-electron chi connectivity index (χ4n) is 4.04. The van der Waals surface area contributed by atoms with Crippen molar-refractivity contribution in [2.45, 2.75) is 37.7 Å². The summed E-state index contributed by atoms with van der Waals surface area (Å²) in [7, 11) is 2.12. The highest BCUT2D eigenvalue weighted by molar-refractivity contribution is 5.82. The van der Waals surface area contributed by atoms with Gasteiger partial charge in [-0.05, 0) is 50.9 Å². The lowest BCUT2D eigenvalue weighted by atomic mass is 10.1. The largest absolute Gasteiger partial charge is 0.460 e. The van der Waals surface area contributed by atoms with Crippen LogP contribution in [0.25, 0.3) is 10.9 Å². The molecule has 0 bridgehead atoms. The molecule has 1 aliphatic heterocycles. The van der Waals surface area contributed by atoms with Crippen LogP contribution in [0.1, 0.15) is 37.3 Å². The highest BCUT2D eigenvalue weighted by Crippen LogP contribution is 2.39. The Bertz CT molecular complexity index is 1260. The molecule has 170 valence electrons. The van der Waals surface area contributed by atoms with Crippen molar-refractivity contribution < 1.29 is 4.74 Å². The van der Waals surface area contributed by atoms with Crippen molar-refractivity contribution in [2.75, 3.05) is 30.8 Å². The number of aromatic nitrogens is 7. The zero-order chi connectivity index (χ0) is 22.2. The smallest absolute Gasteiger partial charge is 0.323 e. The van der Waals surface area contributed by atoms with E-state index in [9.17, 15) is 0 Å². The van der Waals surface area contributed by atoms with Crippen LogP contribution in [-0.4, -0.2) is 66.5 Å². The van der Waals surface area contributed by atoms with Gasteiger partial charge in [-0.3, -0.25) is 10.2 Å². The Morgan fingerprint density at radius 2 is 1.79 bits per heavy atom. The van der Waals surface area contributed by atoms with E-state index in [-0.39, 0.29) is 6.10 Å². The van der Waals surface area contributed by atoms with Crippen molar-refractivity contribution in [3.05, 3.63) is 36.2 Å². The minimum Gasteiger partial charge on any atom is -0.460 e. The van der Waals surface area contributed by atoms with Crippen molar-refractivity contribution >= 4 is 34.3 Å². The first-order chi connectivity index (χ1) is 16.2. The maximum Gasteiger partial charge on any atom is 0.323 e. The summed E-state index contributed by atoms with van der Waals surface area (Å²) in [5.41, 5.74) is 2.91. The van der Waals surface area contributed by atoms with Crippen LogP contribution in [0.15, 0.2) is 30.5 Å². The molecule has 11 nitrogen and oxygen atoms in total. The molecule has 11 heteroatoms.